The number of hydrogen-bond donors (Lipinski definition) is 0. The maximum Gasteiger partial charge on any atom is 0.458 e. The maximum atomic E-state index is 13.2. The molecule has 1 aromatic carbocycles. The second-order valence-corrected chi connectivity index (χ2v) is 4.38. The third-order valence-corrected chi connectivity index (χ3v) is 2.50. The van der Waals surface area contributed by atoms with Gasteiger partial charge in [0.1, 0.15) is 0 Å². The summed E-state index contributed by atoms with van der Waals surface area (Å²) in [7, 11) is 3.24. The third kappa shape index (κ3) is 3.67. The summed E-state index contributed by atoms with van der Waals surface area (Å²) in [6, 6.07) is 1.62. The topological polar surface area (TPSA) is 46.4 Å². The fraction of sp³-hybridized carbons (Fsp3) is 0.333. The highest BCUT2D eigenvalue weighted by Gasteiger charge is 2.59. The Hall–Kier alpha value is -2.19. The van der Waals surface area contributed by atoms with Gasteiger partial charge in [-0.2, -0.15) is 22.0 Å². The summed E-state index contributed by atoms with van der Waals surface area (Å²) in [6.07, 6.45) is -3.17. The van der Waals surface area contributed by atoms with Crippen LogP contribution >= 0.6 is 0 Å². The van der Waals surface area contributed by atoms with E-state index in [1.165, 1.54) is 17.2 Å². The van der Waals surface area contributed by atoms with Crippen molar-refractivity contribution in [2.75, 3.05) is 14.1 Å². The van der Waals surface area contributed by atoms with E-state index < -0.39 is 28.3 Å². The molecule has 0 aliphatic heterocycles. The van der Waals surface area contributed by atoms with Crippen LogP contribution in [-0.2, 0) is 5.92 Å². The Morgan fingerprint density at radius 1 is 1.19 bits per heavy atom. The average Bonchev–Trinajstić information content (AvgIpc) is 2.34. The van der Waals surface area contributed by atoms with Gasteiger partial charge in [0.25, 0.3) is 5.69 Å². The van der Waals surface area contributed by atoms with E-state index in [4.69, 9.17) is 0 Å². The van der Waals surface area contributed by atoms with Crippen molar-refractivity contribution >= 4 is 11.8 Å². The van der Waals surface area contributed by atoms with Gasteiger partial charge < -0.3 is 4.90 Å². The molecule has 0 bridgehead atoms. The zero-order chi connectivity index (χ0) is 16.4. The van der Waals surface area contributed by atoms with Crippen molar-refractivity contribution in [1.29, 1.82) is 0 Å². The van der Waals surface area contributed by atoms with E-state index >= 15 is 0 Å². The molecule has 0 aliphatic carbocycles. The molecule has 0 N–H and O–H groups in total. The lowest BCUT2D eigenvalue weighted by Crippen LogP contribution is -2.33. The molecule has 0 aromatic heterocycles. The van der Waals surface area contributed by atoms with E-state index in [2.05, 4.69) is 0 Å². The first-order valence-corrected chi connectivity index (χ1v) is 5.55. The molecule has 0 saturated carbocycles. The smallest absolute Gasteiger partial charge is 0.383 e. The summed E-state index contributed by atoms with van der Waals surface area (Å²) in [5.74, 6) is -5.15. The van der Waals surface area contributed by atoms with Crippen LogP contribution in [-0.4, -0.2) is 30.1 Å². The van der Waals surface area contributed by atoms with Crippen LogP contribution in [0.15, 0.2) is 24.4 Å². The van der Waals surface area contributed by atoms with E-state index in [-0.39, 0.29) is 11.6 Å². The molecule has 0 heterocycles. The first-order valence-electron chi connectivity index (χ1n) is 5.55. The molecule has 0 spiro atoms. The Kier molecular flexibility index (Phi) is 4.55. The van der Waals surface area contributed by atoms with Gasteiger partial charge in [0.2, 0.25) is 0 Å². The highest BCUT2D eigenvalue weighted by atomic mass is 19.4. The molecule has 4 nitrogen and oxygen atoms in total. The van der Waals surface area contributed by atoms with Gasteiger partial charge in [-0.15, -0.1) is 0 Å². The number of alkyl halides is 5. The van der Waals surface area contributed by atoms with Gasteiger partial charge in [0.15, 0.2) is 0 Å². The van der Waals surface area contributed by atoms with Crippen molar-refractivity contribution in [3.8, 4) is 0 Å². The van der Waals surface area contributed by atoms with Crippen molar-refractivity contribution < 1.29 is 26.9 Å². The number of hydrogen-bond acceptors (Lipinski definition) is 3. The molecule has 9 heteroatoms. The number of nitrogens with zero attached hydrogens (tertiary/aromatic N) is 2. The zero-order valence-corrected chi connectivity index (χ0v) is 11.0. The van der Waals surface area contributed by atoms with Gasteiger partial charge in [-0.1, -0.05) is 6.07 Å². The Morgan fingerprint density at radius 2 is 1.76 bits per heavy atom. The molecule has 0 amide bonds. The SMILES string of the molecule is CN(C)C=Cc1ccc(C(F)(F)C(F)(F)F)cc1[N+](=O)[O-]. The van der Waals surface area contributed by atoms with E-state index in [9.17, 15) is 32.1 Å². The molecule has 0 radical (unpaired) electrons. The summed E-state index contributed by atoms with van der Waals surface area (Å²) in [4.78, 5) is 11.3. The van der Waals surface area contributed by atoms with Crippen LogP contribution < -0.4 is 0 Å². The molecular formula is C12H11F5N2O2. The predicted octanol–water partition coefficient (Wildman–Crippen LogP) is 3.78. The minimum absolute atomic E-state index is 0.0737. The molecule has 0 unspecified atom stereocenters. The lowest BCUT2D eigenvalue weighted by molar-refractivity contribution is -0.385. The highest BCUT2D eigenvalue weighted by molar-refractivity contribution is 5.62. The Balaban J connectivity index is 3.37. The van der Waals surface area contributed by atoms with Gasteiger partial charge in [0.05, 0.1) is 10.5 Å². The van der Waals surface area contributed by atoms with Crippen molar-refractivity contribution in [1.82, 2.24) is 4.90 Å². The molecule has 1 aromatic rings. The van der Waals surface area contributed by atoms with Gasteiger partial charge in [-0.3, -0.25) is 10.1 Å². The quantitative estimate of drug-likeness (QED) is 0.483. The first-order chi connectivity index (χ1) is 9.46. The summed E-state index contributed by atoms with van der Waals surface area (Å²) in [5, 5.41) is 10.8. The van der Waals surface area contributed by atoms with Crippen molar-refractivity contribution in [3.63, 3.8) is 0 Å². The second-order valence-electron chi connectivity index (χ2n) is 4.38. The summed E-state index contributed by atoms with van der Waals surface area (Å²) < 4.78 is 63.2. The van der Waals surface area contributed by atoms with Crippen LogP contribution in [0.5, 0.6) is 0 Å². The fourth-order valence-corrected chi connectivity index (χ4v) is 1.43. The van der Waals surface area contributed by atoms with Gasteiger partial charge in [-0.05, 0) is 18.3 Å². The van der Waals surface area contributed by atoms with Gasteiger partial charge in [-0.25, -0.2) is 0 Å². The second kappa shape index (κ2) is 5.66. The Labute approximate surface area is 116 Å². The zero-order valence-electron chi connectivity index (χ0n) is 11.0. The normalized spacial score (nSPS) is 12.7. The predicted molar refractivity (Wildman–Crippen MR) is 65.8 cm³/mol. The first kappa shape index (κ1) is 16.9. The van der Waals surface area contributed by atoms with Crippen LogP contribution in [0.1, 0.15) is 11.1 Å². The monoisotopic (exact) mass is 310 g/mol. The van der Waals surface area contributed by atoms with Crippen LogP contribution in [0, 0.1) is 10.1 Å². The molecule has 0 fully saturated rings. The van der Waals surface area contributed by atoms with Crippen LogP contribution in [0.2, 0.25) is 0 Å². The fourth-order valence-electron chi connectivity index (χ4n) is 1.43. The largest absolute Gasteiger partial charge is 0.458 e. The summed E-state index contributed by atoms with van der Waals surface area (Å²) in [6.45, 7) is 0. The van der Waals surface area contributed by atoms with E-state index in [1.54, 1.807) is 14.1 Å². The Morgan fingerprint density at radius 3 is 2.19 bits per heavy atom. The minimum atomic E-state index is -5.82. The lowest BCUT2D eigenvalue weighted by atomic mass is 10.0. The average molecular weight is 310 g/mol. The van der Waals surface area contributed by atoms with E-state index in [0.717, 1.165) is 6.07 Å². The Bertz CT molecular complexity index is 567. The lowest BCUT2D eigenvalue weighted by Gasteiger charge is -2.19. The molecule has 116 valence electrons. The molecule has 21 heavy (non-hydrogen) atoms. The van der Waals surface area contributed by atoms with Crippen LogP contribution in [0.4, 0.5) is 27.6 Å². The van der Waals surface area contributed by atoms with Crippen molar-refractivity contribution in [2.24, 2.45) is 0 Å². The molecule has 1 rings (SSSR count). The number of rotatable bonds is 4. The molecule has 0 atom stereocenters. The van der Waals surface area contributed by atoms with Gasteiger partial charge in [0, 0.05) is 25.7 Å². The number of nitro groups is 1. The third-order valence-electron chi connectivity index (χ3n) is 2.50. The number of benzene rings is 1. The van der Waals surface area contributed by atoms with Crippen LogP contribution in [0.25, 0.3) is 6.08 Å². The molecule has 0 aliphatic rings. The molecular weight excluding hydrogens is 299 g/mol. The summed E-state index contributed by atoms with van der Waals surface area (Å²) in [5.41, 5.74) is -2.37. The van der Waals surface area contributed by atoms with Gasteiger partial charge >= 0.3 is 12.1 Å². The van der Waals surface area contributed by atoms with Crippen LogP contribution in [0.3, 0.4) is 0 Å². The maximum absolute atomic E-state index is 13.2. The van der Waals surface area contributed by atoms with Crippen molar-refractivity contribution in [2.45, 2.75) is 12.1 Å². The number of halogens is 5. The minimum Gasteiger partial charge on any atom is -0.383 e. The van der Waals surface area contributed by atoms with E-state index in [0.29, 0.717) is 6.07 Å². The van der Waals surface area contributed by atoms with E-state index in [1.807, 2.05) is 0 Å². The summed E-state index contributed by atoms with van der Waals surface area (Å²) >= 11 is 0. The number of nitro benzene ring substituents is 1. The van der Waals surface area contributed by atoms with Crippen molar-refractivity contribution in [3.05, 3.63) is 45.6 Å². The standard InChI is InChI=1S/C12H11F5N2O2/c1-18(2)6-5-8-3-4-9(7-10(8)19(20)21)11(13,14)12(15,16)17/h3-7H,1-2H3. The highest BCUT2D eigenvalue weighted by Crippen LogP contribution is 2.44. The molecule has 0 saturated heterocycles.